The molecule has 0 spiro atoms. The topological polar surface area (TPSA) is 18.5 Å². The van der Waals surface area contributed by atoms with Gasteiger partial charge in [-0.1, -0.05) is 25.0 Å². The molecular weight excluding hydrogens is 152 g/mol. The minimum Gasteiger partial charge on any atom is -0.371 e. The van der Waals surface area contributed by atoms with Crippen LogP contribution in [-0.2, 0) is 9.47 Å². The highest BCUT2D eigenvalue weighted by molar-refractivity contribution is 4.87. The fraction of sp³-hybridized carbons (Fsp3) is 0.800. The third-order valence-corrected chi connectivity index (χ3v) is 2.62. The third-order valence-electron chi connectivity index (χ3n) is 2.62. The zero-order chi connectivity index (χ0) is 8.23. The lowest BCUT2D eigenvalue weighted by molar-refractivity contribution is -0.0827. The number of ether oxygens (including phenoxy) is 2. The third kappa shape index (κ3) is 1.87. The summed E-state index contributed by atoms with van der Waals surface area (Å²) >= 11 is 0. The molecule has 0 bridgehead atoms. The van der Waals surface area contributed by atoms with Crippen LogP contribution in [0.3, 0.4) is 0 Å². The highest BCUT2D eigenvalue weighted by Crippen LogP contribution is 2.24. The normalized spacial score (nSPS) is 39.3. The van der Waals surface area contributed by atoms with Crippen molar-refractivity contribution in [2.45, 2.75) is 37.9 Å². The minimum atomic E-state index is 0.365. The van der Waals surface area contributed by atoms with E-state index in [4.69, 9.17) is 9.47 Å². The Bertz CT molecular complexity index is 147. The van der Waals surface area contributed by atoms with Gasteiger partial charge in [0.1, 0.15) is 0 Å². The lowest BCUT2D eigenvalue weighted by Crippen LogP contribution is -2.35. The van der Waals surface area contributed by atoms with Gasteiger partial charge in [0.05, 0.1) is 25.4 Å². The van der Waals surface area contributed by atoms with Crippen LogP contribution in [0.15, 0.2) is 12.2 Å². The van der Waals surface area contributed by atoms with Crippen LogP contribution in [0.5, 0.6) is 0 Å². The van der Waals surface area contributed by atoms with E-state index >= 15 is 0 Å². The van der Waals surface area contributed by atoms with Gasteiger partial charge in [-0.3, -0.25) is 0 Å². The monoisotopic (exact) mass is 168 g/mol. The first-order valence-electron chi connectivity index (χ1n) is 4.85. The van der Waals surface area contributed by atoms with E-state index in [-0.39, 0.29) is 0 Å². The second-order valence-corrected chi connectivity index (χ2v) is 3.50. The lowest BCUT2D eigenvalue weighted by atomic mass is 9.94. The van der Waals surface area contributed by atoms with Crippen LogP contribution >= 0.6 is 0 Å². The van der Waals surface area contributed by atoms with E-state index < -0.39 is 0 Å². The number of hydrogen-bond donors (Lipinski definition) is 0. The Hall–Kier alpha value is -0.340. The van der Waals surface area contributed by atoms with Crippen LogP contribution in [0.2, 0.25) is 0 Å². The summed E-state index contributed by atoms with van der Waals surface area (Å²) in [5.74, 6) is 0. The molecule has 2 rings (SSSR count). The molecule has 0 aromatic rings. The zero-order valence-electron chi connectivity index (χ0n) is 7.37. The van der Waals surface area contributed by atoms with Gasteiger partial charge in [0.25, 0.3) is 0 Å². The van der Waals surface area contributed by atoms with Crippen LogP contribution in [0.4, 0.5) is 0 Å². The van der Waals surface area contributed by atoms with Crippen LogP contribution in [0.1, 0.15) is 25.7 Å². The Morgan fingerprint density at radius 2 is 1.33 bits per heavy atom. The molecule has 0 radical (unpaired) electrons. The van der Waals surface area contributed by atoms with Crippen molar-refractivity contribution in [1.29, 1.82) is 0 Å². The molecule has 0 aromatic carbocycles. The molecule has 1 saturated carbocycles. The molecule has 2 nitrogen and oxygen atoms in total. The first kappa shape index (κ1) is 8.27. The fourth-order valence-electron chi connectivity index (χ4n) is 1.94. The summed E-state index contributed by atoms with van der Waals surface area (Å²) in [5.41, 5.74) is 0. The largest absolute Gasteiger partial charge is 0.371 e. The molecule has 0 amide bonds. The summed E-state index contributed by atoms with van der Waals surface area (Å²) in [6, 6.07) is 0. The van der Waals surface area contributed by atoms with Gasteiger partial charge in [0.15, 0.2) is 0 Å². The smallest absolute Gasteiger partial charge is 0.0841 e. The Labute approximate surface area is 73.5 Å². The maximum Gasteiger partial charge on any atom is 0.0841 e. The van der Waals surface area contributed by atoms with Crippen molar-refractivity contribution in [2.24, 2.45) is 0 Å². The van der Waals surface area contributed by atoms with Crippen LogP contribution in [-0.4, -0.2) is 25.4 Å². The summed E-state index contributed by atoms with van der Waals surface area (Å²) in [7, 11) is 0. The molecule has 2 aliphatic rings. The minimum absolute atomic E-state index is 0.365. The first-order valence-corrected chi connectivity index (χ1v) is 4.85. The first-order chi connectivity index (χ1) is 5.97. The van der Waals surface area contributed by atoms with Crippen LogP contribution in [0.25, 0.3) is 0 Å². The van der Waals surface area contributed by atoms with Crippen LogP contribution in [0, 0.1) is 0 Å². The Morgan fingerprint density at radius 1 is 0.833 bits per heavy atom. The van der Waals surface area contributed by atoms with Gasteiger partial charge >= 0.3 is 0 Å². The van der Waals surface area contributed by atoms with Crippen molar-refractivity contribution in [3.63, 3.8) is 0 Å². The van der Waals surface area contributed by atoms with Crippen molar-refractivity contribution in [1.82, 2.24) is 0 Å². The summed E-state index contributed by atoms with van der Waals surface area (Å²) in [6.45, 7) is 1.54. The number of rotatable bonds is 0. The molecule has 1 heterocycles. The Kier molecular flexibility index (Phi) is 2.79. The molecule has 0 saturated heterocycles. The van der Waals surface area contributed by atoms with Crippen molar-refractivity contribution in [3.05, 3.63) is 12.2 Å². The highest BCUT2D eigenvalue weighted by Gasteiger charge is 2.26. The van der Waals surface area contributed by atoms with E-state index in [0.717, 1.165) is 13.2 Å². The van der Waals surface area contributed by atoms with Gasteiger partial charge in [0.2, 0.25) is 0 Å². The van der Waals surface area contributed by atoms with E-state index in [1.807, 2.05) is 12.2 Å². The molecule has 2 atom stereocenters. The molecule has 0 unspecified atom stereocenters. The van der Waals surface area contributed by atoms with E-state index in [0.29, 0.717) is 12.2 Å². The summed E-state index contributed by atoms with van der Waals surface area (Å²) in [6.07, 6.45) is 9.78. The van der Waals surface area contributed by atoms with Gasteiger partial charge in [-0.05, 0) is 12.8 Å². The standard InChI is InChI=1S/C10H16O2/c1-2-6-10-9(5-1)11-7-3-4-8-12-10/h3-4,9-10H,1-2,5-8H2/b4-3-/t9-,10+. The lowest BCUT2D eigenvalue weighted by Gasteiger charge is -2.31. The molecular formula is C10H16O2. The fourth-order valence-corrected chi connectivity index (χ4v) is 1.94. The average molecular weight is 168 g/mol. The summed E-state index contributed by atoms with van der Waals surface area (Å²) in [4.78, 5) is 0. The predicted octanol–water partition coefficient (Wildman–Crippen LogP) is 1.90. The Balaban J connectivity index is 1.95. The molecule has 2 heteroatoms. The van der Waals surface area contributed by atoms with Gasteiger partial charge in [0, 0.05) is 0 Å². The van der Waals surface area contributed by atoms with Gasteiger partial charge in [-0.15, -0.1) is 0 Å². The van der Waals surface area contributed by atoms with Gasteiger partial charge in [-0.25, -0.2) is 0 Å². The van der Waals surface area contributed by atoms with Crippen molar-refractivity contribution in [3.8, 4) is 0 Å². The molecule has 1 fully saturated rings. The van der Waals surface area contributed by atoms with E-state index in [9.17, 15) is 0 Å². The highest BCUT2D eigenvalue weighted by atomic mass is 16.5. The number of fused-ring (bicyclic) bond motifs is 1. The molecule has 0 aromatic heterocycles. The van der Waals surface area contributed by atoms with Crippen molar-refractivity contribution in [2.75, 3.05) is 13.2 Å². The Morgan fingerprint density at radius 3 is 1.83 bits per heavy atom. The molecule has 0 N–H and O–H groups in total. The number of hydrogen-bond acceptors (Lipinski definition) is 2. The summed E-state index contributed by atoms with van der Waals surface area (Å²) < 4.78 is 11.4. The van der Waals surface area contributed by atoms with E-state index in [2.05, 4.69) is 0 Å². The average Bonchev–Trinajstić information content (AvgIpc) is 2.06. The molecule has 12 heavy (non-hydrogen) atoms. The van der Waals surface area contributed by atoms with E-state index in [1.54, 1.807) is 0 Å². The second-order valence-electron chi connectivity index (χ2n) is 3.50. The maximum atomic E-state index is 5.68. The SMILES string of the molecule is C1=C\CO[C@@H]2CCCC[C@@H]2OC/1. The molecule has 1 aliphatic heterocycles. The summed E-state index contributed by atoms with van der Waals surface area (Å²) in [5, 5.41) is 0. The van der Waals surface area contributed by atoms with Crippen LogP contribution < -0.4 is 0 Å². The molecule has 1 aliphatic carbocycles. The van der Waals surface area contributed by atoms with Gasteiger partial charge < -0.3 is 9.47 Å². The van der Waals surface area contributed by atoms with E-state index in [1.165, 1.54) is 25.7 Å². The maximum absolute atomic E-state index is 5.68. The predicted molar refractivity (Wildman–Crippen MR) is 47.1 cm³/mol. The van der Waals surface area contributed by atoms with Gasteiger partial charge in [-0.2, -0.15) is 0 Å². The zero-order valence-corrected chi connectivity index (χ0v) is 7.37. The quantitative estimate of drug-likeness (QED) is 0.514. The van der Waals surface area contributed by atoms with Crippen molar-refractivity contribution < 1.29 is 9.47 Å². The molecule has 68 valence electrons. The second kappa shape index (κ2) is 4.06. The van der Waals surface area contributed by atoms with Crippen molar-refractivity contribution >= 4 is 0 Å².